The maximum atomic E-state index is 11.2. The van der Waals surface area contributed by atoms with Crippen LogP contribution in [0, 0.1) is 11.3 Å². The molecule has 0 spiro atoms. The lowest BCUT2D eigenvalue weighted by Gasteiger charge is -2.31. The molecule has 1 aliphatic heterocycles. The number of amides is 1. The molecule has 1 aliphatic rings. The van der Waals surface area contributed by atoms with Gasteiger partial charge in [-0.1, -0.05) is 0 Å². The first-order valence-corrected chi connectivity index (χ1v) is 6.17. The first-order chi connectivity index (χ1) is 8.69. The van der Waals surface area contributed by atoms with Crippen LogP contribution in [0.1, 0.15) is 31.3 Å². The third-order valence-electron chi connectivity index (χ3n) is 3.28. The van der Waals surface area contributed by atoms with Crippen molar-refractivity contribution < 1.29 is 9.21 Å². The molecular weight excluding hydrogens is 230 g/mol. The van der Waals surface area contributed by atoms with E-state index in [1.165, 1.54) is 0 Å². The predicted molar refractivity (Wildman–Crippen MR) is 65.5 cm³/mol. The molecule has 0 radical (unpaired) electrons. The Morgan fingerprint density at radius 3 is 2.83 bits per heavy atom. The Morgan fingerprint density at radius 2 is 2.28 bits per heavy atom. The van der Waals surface area contributed by atoms with E-state index in [2.05, 4.69) is 5.32 Å². The Morgan fingerprint density at radius 1 is 1.56 bits per heavy atom. The summed E-state index contributed by atoms with van der Waals surface area (Å²) in [6, 6.07) is 5.87. The van der Waals surface area contributed by atoms with Gasteiger partial charge in [-0.2, -0.15) is 5.26 Å². The molecular formula is C13H17N3O2. The second kappa shape index (κ2) is 5.69. The molecule has 1 amide bonds. The summed E-state index contributed by atoms with van der Waals surface area (Å²) in [7, 11) is 0. The van der Waals surface area contributed by atoms with E-state index in [1.54, 1.807) is 13.0 Å². The number of furan rings is 1. The molecule has 0 aliphatic carbocycles. The summed E-state index contributed by atoms with van der Waals surface area (Å²) in [5, 5.41) is 12.0. The zero-order valence-corrected chi connectivity index (χ0v) is 10.5. The molecule has 2 rings (SSSR count). The van der Waals surface area contributed by atoms with Gasteiger partial charge in [0.25, 0.3) is 0 Å². The number of likely N-dealkylation sites (tertiary alicyclic amines) is 1. The number of nitrogens with one attached hydrogen (secondary N) is 1. The van der Waals surface area contributed by atoms with Gasteiger partial charge in [0.1, 0.15) is 11.8 Å². The highest BCUT2D eigenvalue weighted by atomic mass is 16.3. The highest BCUT2D eigenvalue weighted by Gasteiger charge is 2.20. The summed E-state index contributed by atoms with van der Waals surface area (Å²) < 4.78 is 5.30. The third kappa shape index (κ3) is 3.11. The zero-order chi connectivity index (χ0) is 13.0. The van der Waals surface area contributed by atoms with Gasteiger partial charge >= 0.3 is 0 Å². The molecule has 0 saturated carbocycles. The van der Waals surface area contributed by atoms with E-state index >= 15 is 0 Å². The van der Waals surface area contributed by atoms with Gasteiger partial charge in [0.05, 0.1) is 6.54 Å². The van der Waals surface area contributed by atoms with Gasteiger partial charge < -0.3 is 14.6 Å². The first kappa shape index (κ1) is 12.7. The largest absolute Gasteiger partial charge is 0.449 e. The van der Waals surface area contributed by atoms with Crippen molar-refractivity contribution in [3.8, 4) is 6.07 Å². The topological polar surface area (TPSA) is 69.3 Å². The van der Waals surface area contributed by atoms with Crippen molar-refractivity contribution in [2.45, 2.75) is 32.4 Å². The maximum absolute atomic E-state index is 11.2. The quantitative estimate of drug-likeness (QED) is 0.872. The zero-order valence-electron chi connectivity index (χ0n) is 10.5. The molecule has 0 unspecified atom stereocenters. The summed E-state index contributed by atoms with van der Waals surface area (Å²) >= 11 is 0. The number of rotatable bonds is 3. The monoisotopic (exact) mass is 247 g/mol. The van der Waals surface area contributed by atoms with Gasteiger partial charge in [0.15, 0.2) is 0 Å². The summed E-state index contributed by atoms with van der Waals surface area (Å²) in [5.41, 5.74) is 0. The summed E-state index contributed by atoms with van der Waals surface area (Å²) in [6.45, 7) is 3.87. The van der Waals surface area contributed by atoms with Crippen molar-refractivity contribution in [1.29, 1.82) is 5.26 Å². The molecule has 5 heteroatoms. The number of hydrogen-bond acceptors (Lipinski definition) is 4. The Labute approximate surface area is 106 Å². The van der Waals surface area contributed by atoms with E-state index in [9.17, 15) is 4.79 Å². The number of piperidine rings is 1. The van der Waals surface area contributed by atoms with Gasteiger partial charge in [-0.25, -0.2) is 0 Å². The lowest BCUT2D eigenvalue weighted by atomic mass is 10.1. The van der Waals surface area contributed by atoms with Crippen molar-refractivity contribution in [2.75, 3.05) is 13.1 Å². The fourth-order valence-electron chi connectivity index (χ4n) is 2.18. The highest BCUT2D eigenvalue weighted by molar-refractivity contribution is 5.73. The summed E-state index contributed by atoms with van der Waals surface area (Å²) in [6.07, 6.45) is 1.93. The van der Waals surface area contributed by atoms with Crippen LogP contribution >= 0.6 is 0 Å². The number of hydrogen-bond donors (Lipinski definition) is 1. The van der Waals surface area contributed by atoms with Crippen LogP contribution in [-0.4, -0.2) is 29.9 Å². The van der Waals surface area contributed by atoms with Crippen LogP contribution in [0.3, 0.4) is 0 Å². The van der Waals surface area contributed by atoms with Crippen molar-refractivity contribution in [3.63, 3.8) is 0 Å². The van der Waals surface area contributed by atoms with Gasteiger partial charge in [0.2, 0.25) is 11.7 Å². The maximum Gasteiger partial charge on any atom is 0.219 e. The first-order valence-electron chi connectivity index (χ1n) is 6.17. The Bertz CT molecular complexity index is 453. The van der Waals surface area contributed by atoms with E-state index in [1.807, 2.05) is 17.0 Å². The molecule has 1 aromatic rings. The van der Waals surface area contributed by atoms with Crippen LogP contribution in [0.4, 0.5) is 0 Å². The fraction of sp³-hybridized carbons (Fsp3) is 0.538. The summed E-state index contributed by atoms with van der Waals surface area (Å²) in [5.74, 6) is 1.27. The number of nitrogens with zero attached hydrogens (tertiary/aromatic N) is 2. The minimum Gasteiger partial charge on any atom is -0.449 e. The summed E-state index contributed by atoms with van der Waals surface area (Å²) in [4.78, 5) is 13.1. The van der Waals surface area contributed by atoms with E-state index in [0.29, 0.717) is 18.3 Å². The Kier molecular flexibility index (Phi) is 4.00. The second-order valence-electron chi connectivity index (χ2n) is 4.54. The van der Waals surface area contributed by atoms with Crippen LogP contribution in [0.25, 0.3) is 0 Å². The molecule has 0 atom stereocenters. The molecule has 0 bridgehead atoms. The highest BCUT2D eigenvalue weighted by Crippen LogP contribution is 2.12. The van der Waals surface area contributed by atoms with Crippen molar-refractivity contribution in [3.05, 3.63) is 23.7 Å². The van der Waals surface area contributed by atoms with E-state index in [4.69, 9.17) is 9.68 Å². The van der Waals surface area contributed by atoms with Crippen LogP contribution in [0.5, 0.6) is 0 Å². The average molecular weight is 247 g/mol. The van der Waals surface area contributed by atoms with E-state index in [-0.39, 0.29) is 5.91 Å². The van der Waals surface area contributed by atoms with Crippen molar-refractivity contribution in [2.24, 2.45) is 0 Å². The Hall–Kier alpha value is -1.80. The molecule has 1 fully saturated rings. The van der Waals surface area contributed by atoms with E-state index < -0.39 is 0 Å². The number of carbonyl (C=O) groups is 1. The smallest absolute Gasteiger partial charge is 0.219 e. The van der Waals surface area contributed by atoms with Gasteiger partial charge in [-0.3, -0.25) is 4.79 Å². The molecule has 1 aromatic heterocycles. The van der Waals surface area contributed by atoms with Crippen molar-refractivity contribution in [1.82, 2.24) is 10.2 Å². The Balaban J connectivity index is 1.75. The average Bonchev–Trinajstić information content (AvgIpc) is 2.85. The minimum absolute atomic E-state index is 0.151. The van der Waals surface area contributed by atoms with Crippen LogP contribution < -0.4 is 5.32 Å². The van der Waals surface area contributed by atoms with Crippen molar-refractivity contribution >= 4 is 5.91 Å². The van der Waals surface area contributed by atoms with Crippen LogP contribution in [0.2, 0.25) is 0 Å². The van der Waals surface area contributed by atoms with Gasteiger partial charge in [-0.15, -0.1) is 0 Å². The minimum atomic E-state index is 0.151. The molecule has 1 saturated heterocycles. The molecule has 96 valence electrons. The predicted octanol–water partition coefficient (Wildman–Crippen LogP) is 1.25. The van der Waals surface area contributed by atoms with Gasteiger partial charge in [-0.05, 0) is 25.0 Å². The lowest BCUT2D eigenvalue weighted by molar-refractivity contribution is -0.129. The van der Waals surface area contributed by atoms with Gasteiger partial charge in [0, 0.05) is 26.1 Å². The second-order valence-corrected chi connectivity index (χ2v) is 4.54. The van der Waals surface area contributed by atoms with Crippen LogP contribution in [0.15, 0.2) is 16.5 Å². The SMILES string of the molecule is CC(=O)N1CCC(NCc2ccc(C#N)o2)CC1. The molecule has 5 nitrogen and oxygen atoms in total. The number of nitriles is 1. The standard InChI is InChI=1S/C13H17N3O2/c1-10(17)16-6-4-11(5-7-16)15-9-13-3-2-12(8-14)18-13/h2-3,11,15H,4-7,9H2,1H3. The third-order valence-corrected chi connectivity index (χ3v) is 3.28. The fourth-order valence-corrected chi connectivity index (χ4v) is 2.18. The normalized spacial score (nSPS) is 16.6. The molecule has 0 aromatic carbocycles. The molecule has 18 heavy (non-hydrogen) atoms. The number of carbonyl (C=O) groups excluding carboxylic acids is 1. The molecule has 2 heterocycles. The van der Waals surface area contributed by atoms with Crippen LogP contribution in [-0.2, 0) is 11.3 Å². The lowest BCUT2D eigenvalue weighted by Crippen LogP contribution is -2.43. The van der Waals surface area contributed by atoms with E-state index in [0.717, 1.165) is 31.7 Å². The molecule has 1 N–H and O–H groups in total.